The first kappa shape index (κ1) is 21.1. The third kappa shape index (κ3) is 4.84. The molecule has 4 heteroatoms. The van der Waals surface area contributed by atoms with Crippen LogP contribution >= 0.6 is 0 Å². The molecule has 0 fully saturated rings. The lowest BCUT2D eigenvalue weighted by molar-refractivity contribution is -0.144. The van der Waals surface area contributed by atoms with Gasteiger partial charge in [0.15, 0.2) is 11.8 Å². The van der Waals surface area contributed by atoms with Gasteiger partial charge in [-0.1, -0.05) is 78.9 Å². The number of benzene rings is 3. The average Bonchev–Trinajstić information content (AvgIpc) is 2.79. The van der Waals surface area contributed by atoms with Crippen molar-refractivity contribution in [2.24, 2.45) is 0 Å². The predicted octanol–water partition coefficient (Wildman–Crippen LogP) is 5.36. The largest absolute Gasteiger partial charge is 0.464 e. The molecule has 0 spiro atoms. The fourth-order valence-corrected chi connectivity index (χ4v) is 3.35. The molecule has 0 aliphatic carbocycles. The van der Waals surface area contributed by atoms with E-state index in [1.165, 1.54) is 0 Å². The molecule has 0 aromatic heterocycles. The maximum atomic E-state index is 13.1. The summed E-state index contributed by atoms with van der Waals surface area (Å²) in [7, 11) is 0. The Bertz CT molecular complexity index is 1010. The van der Waals surface area contributed by atoms with Gasteiger partial charge in [0.1, 0.15) is 0 Å². The van der Waals surface area contributed by atoms with Crippen molar-refractivity contribution in [2.45, 2.75) is 19.4 Å². The Hall–Kier alpha value is -3.66. The molecule has 0 amide bonds. The second-order valence-corrected chi connectivity index (χ2v) is 6.76. The number of carbonyl (C=O) groups is 2. The number of ketones is 1. The summed E-state index contributed by atoms with van der Waals surface area (Å²) in [6, 6.07) is 23.4. The lowest BCUT2D eigenvalue weighted by atomic mass is 9.94. The van der Waals surface area contributed by atoms with Gasteiger partial charge in [-0.2, -0.15) is 0 Å². The molecule has 1 N–H and O–H groups in total. The van der Waals surface area contributed by atoms with Crippen molar-refractivity contribution in [3.8, 4) is 0 Å². The van der Waals surface area contributed by atoms with E-state index >= 15 is 0 Å². The van der Waals surface area contributed by atoms with Crippen LogP contribution in [0.5, 0.6) is 0 Å². The van der Waals surface area contributed by atoms with Crippen LogP contribution in [0.15, 0.2) is 91.5 Å². The second-order valence-electron chi connectivity index (χ2n) is 6.76. The molecule has 0 heterocycles. The molecule has 3 aromatic rings. The Morgan fingerprint density at radius 1 is 0.967 bits per heavy atom. The lowest BCUT2D eigenvalue weighted by Crippen LogP contribution is -2.24. The minimum Gasteiger partial charge on any atom is -0.464 e. The highest BCUT2D eigenvalue weighted by Gasteiger charge is 2.24. The zero-order valence-corrected chi connectivity index (χ0v) is 17.0. The first-order valence-corrected chi connectivity index (χ1v) is 9.96. The smallest absolute Gasteiger partial charge is 0.333 e. The van der Waals surface area contributed by atoms with E-state index in [0.29, 0.717) is 23.2 Å². The van der Waals surface area contributed by atoms with Gasteiger partial charge < -0.3 is 10.1 Å². The molecule has 152 valence electrons. The van der Waals surface area contributed by atoms with Crippen LogP contribution < -0.4 is 5.32 Å². The van der Waals surface area contributed by atoms with E-state index in [9.17, 15) is 9.59 Å². The SMILES string of the molecule is C=CCc1c(NC(C(=O)OCC)c2ccccc2)cccc1C(=O)c1ccccc1. The van der Waals surface area contributed by atoms with E-state index in [-0.39, 0.29) is 18.4 Å². The first-order chi connectivity index (χ1) is 14.7. The summed E-state index contributed by atoms with van der Waals surface area (Å²) in [6.45, 7) is 5.91. The lowest BCUT2D eigenvalue weighted by Gasteiger charge is -2.22. The number of hydrogen-bond donors (Lipinski definition) is 1. The highest BCUT2D eigenvalue weighted by molar-refractivity contribution is 6.10. The van der Waals surface area contributed by atoms with E-state index < -0.39 is 6.04 Å². The normalized spacial score (nSPS) is 11.4. The van der Waals surface area contributed by atoms with Crippen molar-refractivity contribution in [1.29, 1.82) is 0 Å². The van der Waals surface area contributed by atoms with Crippen LogP contribution in [0.3, 0.4) is 0 Å². The monoisotopic (exact) mass is 399 g/mol. The number of nitrogens with one attached hydrogen (secondary N) is 1. The van der Waals surface area contributed by atoms with Crippen molar-refractivity contribution in [1.82, 2.24) is 0 Å². The molecule has 4 nitrogen and oxygen atoms in total. The number of esters is 1. The molecule has 0 radical (unpaired) electrons. The average molecular weight is 399 g/mol. The van der Waals surface area contributed by atoms with Gasteiger partial charge in [-0.3, -0.25) is 4.79 Å². The van der Waals surface area contributed by atoms with Gasteiger partial charge in [-0.15, -0.1) is 6.58 Å². The maximum absolute atomic E-state index is 13.1. The molecule has 0 aliphatic rings. The Morgan fingerprint density at radius 3 is 2.27 bits per heavy atom. The molecule has 1 atom stereocenters. The van der Waals surface area contributed by atoms with Crippen LogP contribution in [0.1, 0.15) is 40.0 Å². The summed E-state index contributed by atoms with van der Waals surface area (Å²) < 4.78 is 5.29. The number of hydrogen-bond acceptors (Lipinski definition) is 4. The summed E-state index contributed by atoms with van der Waals surface area (Å²) >= 11 is 0. The molecule has 3 aromatic carbocycles. The summed E-state index contributed by atoms with van der Waals surface area (Å²) in [5.74, 6) is -0.434. The molecule has 0 aliphatic heterocycles. The molecule has 3 rings (SSSR count). The summed E-state index contributed by atoms with van der Waals surface area (Å²) in [6.07, 6.45) is 2.24. The Kier molecular flexibility index (Phi) is 7.17. The highest BCUT2D eigenvalue weighted by Crippen LogP contribution is 2.28. The third-order valence-corrected chi connectivity index (χ3v) is 4.76. The molecular formula is C26H25NO3. The van der Waals surface area contributed by atoms with Gasteiger partial charge in [0, 0.05) is 16.8 Å². The van der Waals surface area contributed by atoms with Crippen molar-refractivity contribution >= 4 is 17.4 Å². The first-order valence-electron chi connectivity index (χ1n) is 9.96. The predicted molar refractivity (Wildman–Crippen MR) is 120 cm³/mol. The van der Waals surface area contributed by atoms with Gasteiger partial charge in [-0.25, -0.2) is 4.79 Å². The number of allylic oxidation sites excluding steroid dienone is 1. The fourth-order valence-electron chi connectivity index (χ4n) is 3.35. The van der Waals surface area contributed by atoms with Gasteiger partial charge in [0.05, 0.1) is 6.61 Å². The molecular weight excluding hydrogens is 374 g/mol. The third-order valence-electron chi connectivity index (χ3n) is 4.76. The van der Waals surface area contributed by atoms with Gasteiger partial charge in [0.25, 0.3) is 0 Å². The number of carbonyl (C=O) groups excluding carboxylic acids is 2. The number of anilines is 1. The molecule has 30 heavy (non-hydrogen) atoms. The zero-order valence-electron chi connectivity index (χ0n) is 17.0. The van der Waals surface area contributed by atoms with Gasteiger partial charge >= 0.3 is 5.97 Å². The minimum atomic E-state index is -0.684. The van der Waals surface area contributed by atoms with Crippen molar-refractivity contribution in [3.05, 3.63) is 114 Å². The Balaban J connectivity index is 2.02. The van der Waals surface area contributed by atoms with Gasteiger partial charge in [0.2, 0.25) is 0 Å². The number of ether oxygens (including phenoxy) is 1. The van der Waals surface area contributed by atoms with E-state index in [1.54, 1.807) is 31.2 Å². The van der Waals surface area contributed by atoms with Crippen LogP contribution in [-0.4, -0.2) is 18.4 Å². The van der Waals surface area contributed by atoms with E-state index in [1.807, 2.05) is 60.7 Å². The summed E-state index contributed by atoms with van der Waals surface area (Å²) in [5.41, 5.74) is 3.50. The molecule has 0 saturated carbocycles. The van der Waals surface area contributed by atoms with Crippen LogP contribution in [0.2, 0.25) is 0 Å². The quantitative estimate of drug-likeness (QED) is 0.299. The van der Waals surface area contributed by atoms with Crippen LogP contribution in [-0.2, 0) is 16.0 Å². The van der Waals surface area contributed by atoms with Crippen LogP contribution in [0.25, 0.3) is 0 Å². The molecule has 1 unspecified atom stereocenters. The maximum Gasteiger partial charge on any atom is 0.333 e. The topological polar surface area (TPSA) is 55.4 Å². The standard InChI is InChI=1S/C26H25NO3/c1-3-12-21-22(25(28)20-15-9-6-10-16-20)17-11-18-23(21)27-24(26(29)30-4-2)19-13-7-5-8-14-19/h3,5-11,13-18,24,27H,1,4,12H2,2H3. The van der Waals surface area contributed by atoms with E-state index in [0.717, 1.165) is 11.1 Å². The second kappa shape index (κ2) is 10.2. The highest BCUT2D eigenvalue weighted by atomic mass is 16.5. The number of rotatable bonds is 9. The zero-order chi connectivity index (χ0) is 21.3. The van der Waals surface area contributed by atoms with E-state index in [4.69, 9.17) is 4.74 Å². The molecule has 0 bridgehead atoms. The Labute approximate surface area is 177 Å². The molecule has 0 saturated heterocycles. The van der Waals surface area contributed by atoms with Crippen LogP contribution in [0, 0.1) is 0 Å². The fraction of sp³-hybridized carbons (Fsp3) is 0.154. The van der Waals surface area contributed by atoms with Crippen LogP contribution in [0.4, 0.5) is 5.69 Å². The van der Waals surface area contributed by atoms with Crippen molar-refractivity contribution in [2.75, 3.05) is 11.9 Å². The minimum absolute atomic E-state index is 0.0662. The van der Waals surface area contributed by atoms with Gasteiger partial charge in [-0.05, 0) is 30.5 Å². The summed E-state index contributed by atoms with van der Waals surface area (Å²) in [5, 5.41) is 3.31. The summed E-state index contributed by atoms with van der Waals surface area (Å²) in [4.78, 5) is 25.8. The van der Waals surface area contributed by atoms with Crippen molar-refractivity contribution < 1.29 is 14.3 Å². The van der Waals surface area contributed by atoms with E-state index in [2.05, 4.69) is 11.9 Å². The van der Waals surface area contributed by atoms with Crippen molar-refractivity contribution in [3.63, 3.8) is 0 Å². The Morgan fingerprint density at radius 2 is 1.63 bits per heavy atom.